The summed E-state index contributed by atoms with van der Waals surface area (Å²) >= 11 is 0. The Bertz CT molecular complexity index is 634. The molecule has 0 radical (unpaired) electrons. The second-order valence-corrected chi connectivity index (χ2v) is 7.80. The van der Waals surface area contributed by atoms with Gasteiger partial charge in [0.25, 0.3) is 10.0 Å². The predicted octanol–water partition coefficient (Wildman–Crippen LogP) is 1.72. The third-order valence-electron chi connectivity index (χ3n) is 4.07. The van der Waals surface area contributed by atoms with Gasteiger partial charge in [0.15, 0.2) is 5.03 Å². The van der Waals surface area contributed by atoms with Gasteiger partial charge in [0.1, 0.15) is 6.04 Å². The molecule has 0 aliphatic carbocycles. The molecule has 1 aliphatic rings. The lowest BCUT2D eigenvalue weighted by Gasteiger charge is -2.37. The Hall–Kier alpha value is -1.13. The topological polar surface area (TPSA) is 58.4 Å². The fourth-order valence-corrected chi connectivity index (χ4v) is 3.75. The average Bonchev–Trinajstić information content (AvgIpc) is 2.96. The zero-order valence-corrected chi connectivity index (χ0v) is 14.1. The van der Waals surface area contributed by atoms with Crippen LogP contribution in [0.2, 0.25) is 0 Å². The Balaban J connectivity index is 2.06. The van der Waals surface area contributed by atoms with Crippen molar-refractivity contribution in [1.82, 2.24) is 18.8 Å². The first-order valence-corrected chi connectivity index (χ1v) is 8.82. The molecule has 6 nitrogen and oxygen atoms in total. The quantitative estimate of drug-likeness (QED) is 0.826. The van der Waals surface area contributed by atoms with Crippen molar-refractivity contribution in [3.8, 4) is 0 Å². The number of alkyl halides is 3. The molecule has 1 aliphatic heterocycles. The lowest BCUT2D eigenvalue weighted by atomic mass is 10.2. The molecule has 23 heavy (non-hydrogen) atoms. The van der Waals surface area contributed by atoms with Gasteiger partial charge in [0.05, 0.1) is 6.33 Å². The van der Waals surface area contributed by atoms with Crippen LogP contribution in [0.15, 0.2) is 17.6 Å². The Morgan fingerprint density at radius 3 is 2.13 bits per heavy atom. The number of sulfonamides is 1. The first kappa shape index (κ1) is 18.2. The van der Waals surface area contributed by atoms with E-state index in [0.29, 0.717) is 0 Å². The van der Waals surface area contributed by atoms with Crippen molar-refractivity contribution in [2.45, 2.75) is 44.1 Å². The van der Waals surface area contributed by atoms with Crippen LogP contribution in [0.3, 0.4) is 0 Å². The van der Waals surface area contributed by atoms with E-state index < -0.39 is 22.2 Å². The zero-order chi connectivity index (χ0) is 17.4. The minimum Gasteiger partial charge on any atom is -0.334 e. The molecule has 0 spiro atoms. The molecule has 0 unspecified atom stereocenters. The smallest absolute Gasteiger partial charge is 0.334 e. The number of imidazole rings is 1. The summed E-state index contributed by atoms with van der Waals surface area (Å²) in [5.41, 5.74) is 0. The van der Waals surface area contributed by atoms with Gasteiger partial charge in [-0.05, 0) is 20.8 Å². The maximum absolute atomic E-state index is 12.7. The van der Waals surface area contributed by atoms with E-state index in [9.17, 15) is 21.6 Å². The third-order valence-corrected chi connectivity index (χ3v) is 5.86. The minimum absolute atomic E-state index is 0.0251. The molecule has 0 saturated carbocycles. The standard InChI is InChI=1S/C13H21F3N4O2S/c1-10(2)19-8-12(17-9-19)23(21,22)20-6-4-18(5-7-20)11(3)13(14,15)16/h8-11H,4-7H2,1-3H3/t11-/m1/s1. The average molecular weight is 354 g/mol. The van der Waals surface area contributed by atoms with E-state index in [-0.39, 0.29) is 37.2 Å². The summed E-state index contributed by atoms with van der Waals surface area (Å²) < 4.78 is 66.0. The van der Waals surface area contributed by atoms with Gasteiger partial charge < -0.3 is 4.57 Å². The van der Waals surface area contributed by atoms with Crippen molar-refractivity contribution in [2.75, 3.05) is 26.2 Å². The van der Waals surface area contributed by atoms with Gasteiger partial charge in [-0.3, -0.25) is 4.90 Å². The molecule has 1 aromatic heterocycles. The number of piperazine rings is 1. The molecule has 0 bridgehead atoms. The van der Waals surface area contributed by atoms with Crippen molar-refractivity contribution in [1.29, 1.82) is 0 Å². The van der Waals surface area contributed by atoms with Crippen molar-refractivity contribution >= 4 is 10.0 Å². The van der Waals surface area contributed by atoms with Crippen LogP contribution in [0.5, 0.6) is 0 Å². The number of aromatic nitrogens is 2. The molecule has 0 aromatic carbocycles. The minimum atomic E-state index is -4.31. The molecule has 1 atom stereocenters. The highest BCUT2D eigenvalue weighted by Crippen LogP contribution is 2.26. The van der Waals surface area contributed by atoms with Crippen LogP contribution in [0.4, 0.5) is 13.2 Å². The van der Waals surface area contributed by atoms with Crippen LogP contribution in [0.25, 0.3) is 0 Å². The number of hydrogen-bond donors (Lipinski definition) is 0. The van der Waals surface area contributed by atoms with Crippen LogP contribution in [-0.2, 0) is 10.0 Å². The fraction of sp³-hybridized carbons (Fsp3) is 0.769. The van der Waals surface area contributed by atoms with Crippen molar-refractivity contribution in [3.63, 3.8) is 0 Å². The first-order valence-electron chi connectivity index (χ1n) is 7.38. The normalized spacial score (nSPS) is 20.1. The molecular formula is C13H21F3N4O2S. The number of nitrogens with zero attached hydrogens (tertiary/aromatic N) is 4. The van der Waals surface area contributed by atoms with Crippen molar-refractivity contribution in [2.24, 2.45) is 0 Å². The van der Waals surface area contributed by atoms with Gasteiger partial charge >= 0.3 is 6.18 Å². The fourth-order valence-electron chi connectivity index (χ4n) is 2.40. The van der Waals surface area contributed by atoms with Gasteiger partial charge in [-0.25, -0.2) is 13.4 Å². The highest BCUT2D eigenvalue weighted by molar-refractivity contribution is 7.89. The van der Waals surface area contributed by atoms with Crippen LogP contribution in [-0.4, -0.2) is 65.6 Å². The lowest BCUT2D eigenvalue weighted by molar-refractivity contribution is -0.181. The molecule has 0 N–H and O–H groups in total. The van der Waals surface area contributed by atoms with Gasteiger partial charge in [-0.2, -0.15) is 17.5 Å². The molecular weight excluding hydrogens is 333 g/mol. The molecule has 132 valence electrons. The van der Waals surface area contributed by atoms with Crippen LogP contribution in [0.1, 0.15) is 26.8 Å². The summed E-state index contributed by atoms with van der Waals surface area (Å²) in [6, 6.07) is -1.50. The summed E-state index contributed by atoms with van der Waals surface area (Å²) in [4.78, 5) is 5.17. The van der Waals surface area contributed by atoms with Gasteiger partial charge in [-0.1, -0.05) is 0 Å². The maximum Gasteiger partial charge on any atom is 0.403 e. The van der Waals surface area contributed by atoms with E-state index in [2.05, 4.69) is 4.98 Å². The summed E-state index contributed by atoms with van der Waals surface area (Å²) in [5, 5.41) is -0.0662. The van der Waals surface area contributed by atoms with E-state index in [1.165, 1.54) is 21.7 Å². The molecule has 2 heterocycles. The molecule has 2 rings (SSSR count). The Morgan fingerprint density at radius 1 is 1.13 bits per heavy atom. The van der Waals surface area contributed by atoms with E-state index in [0.717, 1.165) is 6.92 Å². The second kappa shape index (κ2) is 6.40. The highest BCUT2D eigenvalue weighted by Gasteiger charge is 2.42. The monoisotopic (exact) mass is 354 g/mol. The first-order chi connectivity index (χ1) is 10.5. The Morgan fingerprint density at radius 2 is 1.70 bits per heavy atom. The SMILES string of the molecule is CC(C)n1cnc(S(=O)(=O)N2CCN([C@H](C)C(F)(F)F)CC2)c1. The van der Waals surface area contributed by atoms with Crippen molar-refractivity contribution < 1.29 is 21.6 Å². The van der Waals surface area contributed by atoms with Crippen LogP contribution < -0.4 is 0 Å². The lowest BCUT2D eigenvalue weighted by Crippen LogP contribution is -2.54. The number of rotatable bonds is 4. The molecule has 1 fully saturated rings. The summed E-state index contributed by atoms with van der Waals surface area (Å²) in [5.74, 6) is 0. The predicted molar refractivity (Wildman–Crippen MR) is 78.5 cm³/mol. The third kappa shape index (κ3) is 3.86. The van der Waals surface area contributed by atoms with Gasteiger partial charge in [0, 0.05) is 38.4 Å². The number of halogens is 3. The molecule has 1 saturated heterocycles. The van der Waals surface area contributed by atoms with E-state index >= 15 is 0 Å². The number of hydrogen-bond acceptors (Lipinski definition) is 4. The largest absolute Gasteiger partial charge is 0.403 e. The summed E-state index contributed by atoms with van der Waals surface area (Å²) in [6.45, 7) is 5.03. The summed E-state index contributed by atoms with van der Waals surface area (Å²) in [7, 11) is -3.77. The van der Waals surface area contributed by atoms with E-state index in [4.69, 9.17) is 0 Å². The zero-order valence-electron chi connectivity index (χ0n) is 13.3. The Labute approximate surface area is 133 Å². The van der Waals surface area contributed by atoms with Crippen LogP contribution >= 0.6 is 0 Å². The van der Waals surface area contributed by atoms with Gasteiger partial charge in [-0.15, -0.1) is 0 Å². The van der Waals surface area contributed by atoms with Crippen LogP contribution in [0, 0.1) is 0 Å². The maximum atomic E-state index is 12.7. The second-order valence-electron chi connectivity index (χ2n) is 5.91. The molecule has 0 amide bonds. The molecule has 10 heteroatoms. The van der Waals surface area contributed by atoms with Gasteiger partial charge in [0.2, 0.25) is 0 Å². The summed E-state index contributed by atoms with van der Waals surface area (Å²) in [6.07, 6.45) is -1.42. The highest BCUT2D eigenvalue weighted by atomic mass is 32.2. The molecule has 1 aromatic rings. The van der Waals surface area contributed by atoms with E-state index in [1.54, 1.807) is 4.57 Å². The Kier molecular flexibility index (Phi) is 5.07. The van der Waals surface area contributed by atoms with Crippen molar-refractivity contribution in [3.05, 3.63) is 12.5 Å². The van der Waals surface area contributed by atoms with E-state index in [1.807, 2.05) is 13.8 Å².